The SMILES string of the molecule is C=CCOc1ccc([C@H](N)CO)cc1. The second-order valence-corrected chi connectivity index (χ2v) is 2.96. The van der Waals surface area contributed by atoms with E-state index in [1.807, 2.05) is 24.3 Å². The van der Waals surface area contributed by atoms with Gasteiger partial charge in [-0.15, -0.1) is 0 Å². The lowest BCUT2D eigenvalue weighted by Gasteiger charge is -2.09. The number of benzene rings is 1. The van der Waals surface area contributed by atoms with Crippen LogP contribution in [0.25, 0.3) is 0 Å². The maximum atomic E-state index is 8.83. The lowest BCUT2D eigenvalue weighted by molar-refractivity contribution is 0.268. The van der Waals surface area contributed by atoms with E-state index in [1.54, 1.807) is 6.08 Å². The third kappa shape index (κ3) is 2.87. The summed E-state index contributed by atoms with van der Waals surface area (Å²) in [5, 5.41) is 8.83. The van der Waals surface area contributed by atoms with Gasteiger partial charge in [-0.05, 0) is 17.7 Å². The van der Waals surface area contributed by atoms with Gasteiger partial charge in [0.2, 0.25) is 0 Å². The van der Waals surface area contributed by atoms with E-state index in [0.717, 1.165) is 11.3 Å². The van der Waals surface area contributed by atoms with E-state index in [-0.39, 0.29) is 12.6 Å². The largest absolute Gasteiger partial charge is 0.490 e. The number of hydrogen-bond donors (Lipinski definition) is 2. The van der Waals surface area contributed by atoms with Crippen LogP contribution in [0, 0.1) is 0 Å². The summed E-state index contributed by atoms with van der Waals surface area (Å²) >= 11 is 0. The molecular formula is C11H15NO2. The molecule has 0 aliphatic carbocycles. The Hall–Kier alpha value is -1.32. The first-order chi connectivity index (χ1) is 6.77. The van der Waals surface area contributed by atoms with Crippen LogP contribution in [-0.4, -0.2) is 18.3 Å². The minimum absolute atomic E-state index is 0.0487. The molecule has 1 rings (SSSR count). The van der Waals surface area contributed by atoms with Crippen molar-refractivity contribution in [2.24, 2.45) is 5.73 Å². The molecule has 3 N–H and O–H groups in total. The van der Waals surface area contributed by atoms with Crippen molar-refractivity contribution >= 4 is 0 Å². The molecule has 3 nitrogen and oxygen atoms in total. The zero-order valence-corrected chi connectivity index (χ0v) is 8.02. The molecule has 0 aliphatic heterocycles. The smallest absolute Gasteiger partial charge is 0.119 e. The van der Waals surface area contributed by atoms with Gasteiger partial charge in [0.15, 0.2) is 0 Å². The maximum Gasteiger partial charge on any atom is 0.119 e. The summed E-state index contributed by atoms with van der Waals surface area (Å²) in [5.74, 6) is 0.777. The van der Waals surface area contributed by atoms with Crippen molar-refractivity contribution in [2.45, 2.75) is 6.04 Å². The Bertz CT molecular complexity index is 282. The molecule has 0 amide bonds. The molecule has 0 fully saturated rings. The van der Waals surface area contributed by atoms with Crippen molar-refractivity contribution in [1.29, 1.82) is 0 Å². The first-order valence-corrected chi connectivity index (χ1v) is 4.48. The molecule has 1 aromatic rings. The van der Waals surface area contributed by atoms with Crippen LogP contribution in [0.4, 0.5) is 0 Å². The Morgan fingerprint density at radius 2 is 2.07 bits per heavy atom. The summed E-state index contributed by atoms with van der Waals surface area (Å²) in [5.41, 5.74) is 6.54. The van der Waals surface area contributed by atoms with Crippen molar-refractivity contribution in [3.8, 4) is 5.75 Å². The summed E-state index contributed by atoms with van der Waals surface area (Å²) < 4.78 is 5.30. The standard InChI is InChI=1S/C11H15NO2/c1-2-7-14-10-5-3-9(4-6-10)11(12)8-13/h2-6,11,13H,1,7-8,12H2/t11-/m1/s1. The first kappa shape index (κ1) is 10.8. The van der Waals surface area contributed by atoms with Crippen LogP contribution in [0.15, 0.2) is 36.9 Å². The van der Waals surface area contributed by atoms with Crippen molar-refractivity contribution in [2.75, 3.05) is 13.2 Å². The third-order valence-corrected chi connectivity index (χ3v) is 1.87. The molecule has 0 saturated carbocycles. The van der Waals surface area contributed by atoms with Gasteiger partial charge in [0.1, 0.15) is 12.4 Å². The van der Waals surface area contributed by atoms with Gasteiger partial charge in [0, 0.05) is 0 Å². The van der Waals surface area contributed by atoms with E-state index in [2.05, 4.69) is 6.58 Å². The van der Waals surface area contributed by atoms with Crippen molar-refractivity contribution < 1.29 is 9.84 Å². The third-order valence-electron chi connectivity index (χ3n) is 1.87. The minimum Gasteiger partial charge on any atom is -0.490 e. The first-order valence-electron chi connectivity index (χ1n) is 4.48. The van der Waals surface area contributed by atoms with Crippen LogP contribution in [0.3, 0.4) is 0 Å². The monoisotopic (exact) mass is 193 g/mol. The highest BCUT2D eigenvalue weighted by Gasteiger charge is 2.03. The molecule has 76 valence electrons. The van der Waals surface area contributed by atoms with Gasteiger partial charge in [-0.2, -0.15) is 0 Å². The van der Waals surface area contributed by atoms with Crippen molar-refractivity contribution in [3.05, 3.63) is 42.5 Å². The summed E-state index contributed by atoms with van der Waals surface area (Å²) in [7, 11) is 0. The molecule has 3 heteroatoms. The van der Waals surface area contributed by atoms with Gasteiger partial charge in [-0.1, -0.05) is 24.8 Å². The lowest BCUT2D eigenvalue weighted by atomic mass is 10.1. The Morgan fingerprint density at radius 3 is 2.57 bits per heavy atom. The number of aliphatic hydroxyl groups excluding tert-OH is 1. The molecule has 0 saturated heterocycles. The molecule has 1 aromatic carbocycles. The molecule has 14 heavy (non-hydrogen) atoms. The number of nitrogens with two attached hydrogens (primary N) is 1. The van der Waals surface area contributed by atoms with E-state index in [0.29, 0.717) is 6.61 Å². The van der Waals surface area contributed by atoms with E-state index in [9.17, 15) is 0 Å². The fourth-order valence-corrected chi connectivity index (χ4v) is 1.07. The Balaban J connectivity index is 2.63. The fraction of sp³-hybridized carbons (Fsp3) is 0.273. The van der Waals surface area contributed by atoms with Crippen LogP contribution in [-0.2, 0) is 0 Å². The van der Waals surface area contributed by atoms with Gasteiger partial charge in [0.25, 0.3) is 0 Å². The van der Waals surface area contributed by atoms with Crippen molar-refractivity contribution in [1.82, 2.24) is 0 Å². The highest BCUT2D eigenvalue weighted by atomic mass is 16.5. The molecule has 0 aliphatic rings. The lowest BCUT2D eigenvalue weighted by Crippen LogP contribution is -2.14. The normalized spacial score (nSPS) is 12.1. The number of hydrogen-bond acceptors (Lipinski definition) is 3. The van der Waals surface area contributed by atoms with E-state index in [1.165, 1.54) is 0 Å². The summed E-state index contributed by atoms with van der Waals surface area (Å²) in [4.78, 5) is 0. The topological polar surface area (TPSA) is 55.5 Å². The van der Waals surface area contributed by atoms with Crippen LogP contribution >= 0.6 is 0 Å². The predicted octanol–water partition coefficient (Wildman–Crippen LogP) is 1.24. The van der Waals surface area contributed by atoms with Crippen LogP contribution in [0.2, 0.25) is 0 Å². The average molecular weight is 193 g/mol. The Labute approximate surface area is 83.8 Å². The highest BCUT2D eigenvalue weighted by Crippen LogP contribution is 2.15. The van der Waals surface area contributed by atoms with Crippen molar-refractivity contribution in [3.63, 3.8) is 0 Å². The zero-order chi connectivity index (χ0) is 10.4. The Morgan fingerprint density at radius 1 is 1.43 bits per heavy atom. The second kappa shape index (κ2) is 5.42. The molecule has 0 aromatic heterocycles. The second-order valence-electron chi connectivity index (χ2n) is 2.96. The summed E-state index contributed by atoms with van der Waals surface area (Å²) in [6.07, 6.45) is 1.69. The van der Waals surface area contributed by atoms with Gasteiger partial charge < -0.3 is 15.6 Å². The molecule has 0 unspecified atom stereocenters. The quantitative estimate of drug-likeness (QED) is 0.692. The summed E-state index contributed by atoms with van der Waals surface area (Å²) in [6.45, 7) is 4.00. The van der Waals surface area contributed by atoms with E-state index in [4.69, 9.17) is 15.6 Å². The number of ether oxygens (including phenoxy) is 1. The number of aliphatic hydroxyl groups is 1. The van der Waals surface area contributed by atoms with Gasteiger partial charge >= 0.3 is 0 Å². The minimum atomic E-state index is -0.316. The van der Waals surface area contributed by atoms with E-state index >= 15 is 0 Å². The zero-order valence-electron chi connectivity index (χ0n) is 8.02. The molecule has 1 atom stereocenters. The molecular weight excluding hydrogens is 178 g/mol. The maximum absolute atomic E-state index is 8.83. The number of rotatable bonds is 5. The fourth-order valence-electron chi connectivity index (χ4n) is 1.07. The van der Waals surface area contributed by atoms with Gasteiger partial charge in [-0.3, -0.25) is 0 Å². The summed E-state index contributed by atoms with van der Waals surface area (Å²) in [6, 6.07) is 7.03. The van der Waals surface area contributed by atoms with Crippen LogP contribution < -0.4 is 10.5 Å². The molecule has 0 heterocycles. The van der Waals surface area contributed by atoms with Gasteiger partial charge in [0.05, 0.1) is 12.6 Å². The molecule has 0 radical (unpaired) electrons. The van der Waals surface area contributed by atoms with Crippen LogP contribution in [0.1, 0.15) is 11.6 Å². The highest BCUT2D eigenvalue weighted by molar-refractivity contribution is 5.29. The van der Waals surface area contributed by atoms with E-state index < -0.39 is 0 Å². The molecule has 0 bridgehead atoms. The Kier molecular flexibility index (Phi) is 4.16. The van der Waals surface area contributed by atoms with Gasteiger partial charge in [-0.25, -0.2) is 0 Å². The van der Waals surface area contributed by atoms with Crippen LogP contribution in [0.5, 0.6) is 5.75 Å². The molecule has 0 spiro atoms. The predicted molar refractivity (Wildman–Crippen MR) is 56.1 cm³/mol. The average Bonchev–Trinajstić information content (AvgIpc) is 2.26.